The van der Waals surface area contributed by atoms with E-state index < -0.39 is 0 Å². The summed E-state index contributed by atoms with van der Waals surface area (Å²) in [7, 11) is 1.57. The van der Waals surface area contributed by atoms with E-state index in [4.69, 9.17) is 4.74 Å². The van der Waals surface area contributed by atoms with Crippen LogP contribution in [0.4, 0.5) is 0 Å². The maximum atomic E-state index is 11.6. The Labute approximate surface area is 95.3 Å². The number of carbonyl (C=O) groups excluding carboxylic acids is 1. The van der Waals surface area contributed by atoms with Crippen LogP contribution in [0.3, 0.4) is 0 Å². The van der Waals surface area contributed by atoms with Crippen molar-refractivity contribution in [2.45, 2.75) is 19.8 Å². The lowest BCUT2D eigenvalue weighted by Crippen LogP contribution is -2.17. The highest BCUT2D eigenvalue weighted by Crippen LogP contribution is 2.12. The summed E-state index contributed by atoms with van der Waals surface area (Å²) in [5, 5.41) is 3.83. The number of hydrazone groups is 1. The number of methoxy groups -OCH3 is 1. The molecule has 0 atom stereocenters. The zero-order valence-corrected chi connectivity index (χ0v) is 9.56. The van der Waals surface area contributed by atoms with Gasteiger partial charge < -0.3 is 4.74 Å². The summed E-state index contributed by atoms with van der Waals surface area (Å²) in [6.45, 7) is 2.05. The number of nitrogens with one attached hydrogen (secondary N) is 1. The van der Waals surface area contributed by atoms with E-state index in [-0.39, 0.29) is 5.91 Å². The molecule has 0 heterocycles. The Kier molecular flexibility index (Phi) is 5.05. The molecule has 0 unspecified atom stereocenters. The molecule has 4 heteroatoms. The van der Waals surface area contributed by atoms with E-state index in [1.165, 1.54) is 0 Å². The lowest BCUT2D eigenvalue weighted by atomic mass is 10.2. The van der Waals surface area contributed by atoms with Crippen molar-refractivity contribution in [2.24, 2.45) is 5.10 Å². The monoisotopic (exact) mass is 220 g/mol. The molecule has 86 valence electrons. The predicted octanol–water partition coefficient (Wildman–Crippen LogP) is 2.21. The van der Waals surface area contributed by atoms with Gasteiger partial charge in [-0.2, -0.15) is 5.10 Å². The number of hydrogen-bond acceptors (Lipinski definition) is 3. The van der Waals surface area contributed by atoms with Gasteiger partial charge in [0.15, 0.2) is 0 Å². The van der Waals surface area contributed by atoms with E-state index in [1.54, 1.807) is 37.6 Å². The molecule has 1 rings (SSSR count). The molecule has 4 nitrogen and oxygen atoms in total. The lowest BCUT2D eigenvalue weighted by molar-refractivity contribution is 0.0954. The molecular weight excluding hydrogens is 204 g/mol. The number of carbonyl (C=O) groups is 1. The summed E-state index contributed by atoms with van der Waals surface area (Å²) in [6, 6.07) is 6.94. The van der Waals surface area contributed by atoms with Crippen LogP contribution in [0, 0.1) is 0 Å². The molecule has 0 saturated carbocycles. The molecule has 0 saturated heterocycles. The number of benzene rings is 1. The van der Waals surface area contributed by atoms with Crippen LogP contribution in [0.25, 0.3) is 0 Å². The average molecular weight is 220 g/mol. The lowest BCUT2D eigenvalue weighted by Gasteiger charge is -2.02. The highest BCUT2D eigenvalue weighted by Gasteiger charge is 2.04. The number of unbranched alkanes of at least 4 members (excludes halogenated alkanes) is 1. The SMILES string of the molecule is CCC/C=N/NC(=O)c1cccc(OC)c1. The summed E-state index contributed by atoms with van der Waals surface area (Å²) < 4.78 is 5.03. The molecule has 0 radical (unpaired) electrons. The number of hydrogen-bond donors (Lipinski definition) is 1. The van der Waals surface area contributed by atoms with E-state index in [0.29, 0.717) is 11.3 Å². The number of nitrogens with zero attached hydrogens (tertiary/aromatic N) is 1. The third kappa shape index (κ3) is 3.73. The quantitative estimate of drug-likeness (QED) is 0.611. The molecule has 0 aliphatic carbocycles. The van der Waals surface area contributed by atoms with Crippen molar-refractivity contribution in [3.05, 3.63) is 29.8 Å². The summed E-state index contributed by atoms with van der Waals surface area (Å²) in [4.78, 5) is 11.6. The molecule has 0 bridgehead atoms. The largest absolute Gasteiger partial charge is 0.497 e. The fourth-order valence-corrected chi connectivity index (χ4v) is 1.13. The zero-order valence-electron chi connectivity index (χ0n) is 9.56. The topological polar surface area (TPSA) is 50.7 Å². The molecule has 0 spiro atoms. The Morgan fingerprint density at radius 1 is 1.56 bits per heavy atom. The van der Waals surface area contributed by atoms with Crippen molar-refractivity contribution in [1.29, 1.82) is 0 Å². The highest BCUT2D eigenvalue weighted by molar-refractivity contribution is 5.94. The molecule has 0 aliphatic rings. The summed E-state index contributed by atoms with van der Waals surface area (Å²) in [6.07, 6.45) is 3.56. The van der Waals surface area contributed by atoms with Crippen LogP contribution in [-0.4, -0.2) is 19.2 Å². The van der Waals surface area contributed by atoms with Crippen molar-refractivity contribution < 1.29 is 9.53 Å². The molecule has 1 aromatic rings. The summed E-state index contributed by atoms with van der Waals surface area (Å²) >= 11 is 0. The number of rotatable bonds is 5. The maximum absolute atomic E-state index is 11.6. The molecule has 1 N–H and O–H groups in total. The summed E-state index contributed by atoms with van der Waals surface area (Å²) in [5.74, 6) is 0.427. The van der Waals surface area contributed by atoms with Gasteiger partial charge >= 0.3 is 0 Å². The van der Waals surface area contributed by atoms with Gasteiger partial charge in [-0.05, 0) is 24.6 Å². The first kappa shape index (κ1) is 12.2. The second-order valence-electron chi connectivity index (χ2n) is 3.27. The third-order valence-corrected chi connectivity index (χ3v) is 2.01. The van der Waals surface area contributed by atoms with Crippen LogP contribution in [0.2, 0.25) is 0 Å². The van der Waals surface area contributed by atoms with Crippen molar-refractivity contribution >= 4 is 12.1 Å². The zero-order chi connectivity index (χ0) is 11.8. The van der Waals surface area contributed by atoms with Crippen molar-refractivity contribution in [3.63, 3.8) is 0 Å². The van der Waals surface area contributed by atoms with E-state index >= 15 is 0 Å². The molecule has 0 aromatic heterocycles. The van der Waals surface area contributed by atoms with Crippen LogP contribution in [-0.2, 0) is 0 Å². The minimum atomic E-state index is -0.230. The smallest absolute Gasteiger partial charge is 0.271 e. The van der Waals surface area contributed by atoms with Gasteiger partial charge in [-0.3, -0.25) is 4.79 Å². The Balaban J connectivity index is 2.58. The van der Waals surface area contributed by atoms with Crippen LogP contribution >= 0.6 is 0 Å². The van der Waals surface area contributed by atoms with Gasteiger partial charge in [-0.15, -0.1) is 0 Å². The fraction of sp³-hybridized carbons (Fsp3) is 0.333. The van der Waals surface area contributed by atoms with E-state index in [0.717, 1.165) is 12.8 Å². The number of amides is 1. The summed E-state index contributed by atoms with van der Waals surface area (Å²) in [5.41, 5.74) is 3.00. The first-order chi connectivity index (χ1) is 7.77. The molecule has 0 aliphatic heterocycles. The Bertz CT molecular complexity index is 375. The normalized spacial score (nSPS) is 10.4. The van der Waals surface area contributed by atoms with Gasteiger partial charge in [0.25, 0.3) is 5.91 Å². The second-order valence-corrected chi connectivity index (χ2v) is 3.27. The molecule has 16 heavy (non-hydrogen) atoms. The van der Waals surface area contributed by atoms with Gasteiger partial charge in [0.2, 0.25) is 0 Å². The average Bonchev–Trinajstić information content (AvgIpc) is 2.34. The van der Waals surface area contributed by atoms with Crippen molar-refractivity contribution in [2.75, 3.05) is 7.11 Å². The predicted molar refractivity (Wildman–Crippen MR) is 63.9 cm³/mol. The molecule has 0 fully saturated rings. The fourth-order valence-electron chi connectivity index (χ4n) is 1.13. The van der Waals surface area contributed by atoms with Crippen LogP contribution in [0.5, 0.6) is 5.75 Å². The van der Waals surface area contributed by atoms with Gasteiger partial charge in [0.05, 0.1) is 7.11 Å². The van der Waals surface area contributed by atoms with Gasteiger partial charge in [-0.1, -0.05) is 19.4 Å². The molecule has 1 amide bonds. The third-order valence-electron chi connectivity index (χ3n) is 2.01. The first-order valence-corrected chi connectivity index (χ1v) is 5.24. The van der Waals surface area contributed by atoms with Crippen LogP contribution < -0.4 is 10.2 Å². The van der Waals surface area contributed by atoms with Gasteiger partial charge in [0.1, 0.15) is 5.75 Å². The Morgan fingerprint density at radius 2 is 2.38 bits per heavy atom. The van der Waals surface area contributed by atoms with Gasteiger partial charge in [0, 0.05) is 11.8 Å². The first-order valence-electron chi connectivity index (χ1n) is 5.24. The van der Waals surface area contributed by atoms with Crippen LogP contribution in [0.1, 0.15) is 30.1 Å². The highest BCUT2D eigenvalue weighted by atomic mass is 16.5. The van der Waals surface area contributed by atoms with E-state index in [2.05, 4.69) is 17.5 Å². The minimum Gasteiger partial charge on any atom is -0.497 e. The van der Waals surface area contributed by atoms with Crippen LogP contribution in [0.15, 0.2) is 29.4 Å². The maximum Gasteiger partial charge on any atom is 0.271 e. The van der Waals surface area contributed by atoms with E-state index in [9.17, 15) is 4.79 Å². The number of ether oxygens (including phenoxy) is 1. The Morgan fingerprint density at radius 3 is 3.06 bits per heavy atom. The molecular formula is C12H16N2O2. The van der Waals surface area contributed by atoms with Crippen molar-refractivity contribution in [1.82, 2.24) is 5.43 Å². The Hall–Kier alpha value is -1.84. The standard InChI is InChI=1S/C12H16N2O2/c1-3-4-8-13-14-12(15)10-6-5-7-11(9-10)16-2/h5-9H,3-4H2,1-2H3,(H,14,15)/b13-8+. The molecule has 1 aromatic carbocycles. The second kappa shape index (κ2) is 6.61. The van der Waals surface area contributed by atoms with Crippen molar-refractivity contribution in [3.8, 4) is 5.75 Å². The van der Waals surface area contributed by atoms with Gasteiger partial charge in [-0.25, -0.2) is 5.43 Å². The van der Waals surface area contributed by atoms with E-state index in [1.807, 2.05) is 0 Å². The minimum absolute atomic E-state index is 0.230.